The molecule has 0 aromatic carbocycles. The minimum atomic E-state index is -0.594. The maximum Gasteiger partial charge on any atom is 0.216 e. The average Bonchev–Trinajstić information content (AvgIpc) is 1.92. The first kappa shape index (κ1) is 9.10. The molecule has 3 heteroatoms. The van der Waals surface area contributed by atoms with E-state index in [-0.39, 0.29) is 0 Å². The average molecular weight is 171 g/mol. The normalized spacial score (nSPS) is 11.8. The zero-order chi connectivity index (χ0) is 9.35. The Kier molecular flexibility index (Phi) is 2.13. The quantitative estimate of drug-likeness (QED) is 0.547. The topological polar surface area (TPSA) is 12.9 Å². The predicted octanol–water partition coefficient (Wildman–Crippen LogP) is 2.66. The van der Waals surface area contributed by atoms with Crippen molar-refractivity contribution < 1.29 is 8.78 Å². The van der Waals surface area contributed by atoms with Gasteiger partial charge in [-0.1, -0.05) is 20.8 Å². The van der Waals surface area contributed by atoms with Crippen LogP contribution >= 0.6 is 0 Å². The first-order valence-electron chi connectivity index (χ1n) is 3.73. The first-order valence-corrected chi connectivity index (χ1v) is 3.73. The molecule has 0 spiro atoms. The number of pyridine rings is 1. The molecule has 1 aromatic heterocycles. The van der Waals surface area contributed by atoms with Gasteiger partial charge in [0.05, 0.1) is 6.20 Å². The molecule has 0 amide bonds. The summed E-state index contributed by atoms with van der Waals surface area (Å²) in [6.07, 6.45) is 0.880. The summed E-state index contributed by atoms with van der Waals surface area (Å²) in [5.41, 5.74) is -0.0957. The van der Waals surface area contributed by atoms with E-state index in [1.54, 1.807) is 0 Å². The molecule has 66 valence electrons. The van der Waals surface area contributed by atoms with Crippen LogP contribution in [0.1, 0.15) is 26.3 Å². The highest BCUT2D eigenvalue weighted by Crippen LogP contribution is 2.23. The van der Waals surface area contributed by atoms with Gasteiger partial charge in [0.2, 0.25) is 5.95 Å². The van der Waals surface area contributed by atoms with E-state index in [0.717, 1.165) is 6.20 Å². The van der Waals surface area contributed by atoms with Gasteiger partial charge in [0.15, 0.2) is 0 Å². The van der Waals surface area contributed by atoms with E-state index >= 15 is 0 Å². The minimum Gasteiger partial charge on any atom is -0.225 e. The molecule has 1 heterocycles. The maximum absolute atomic E-state index is 13.0. The first-order chi connectivity index (χ1) is 5.41. The van der Waals surface area contributed by atoms with Crippen LogP contribution in [0.4, 0.5) is 8.78 Å². The number of hydrogen-bond donors (Lipinski definition) is 0. The van der Waals surface area contributed by atoms with Crippen molar-refractivity contribution in [2.24, 2.45) is 0 Å². The van der Waals surface area contributed by atoms with E-state index < -0.39 is 17.2 Å². The lowest BCUT2D eigenvalue weighted by atomic mass is 9.88. The lowest BCUT2D eigenvalue weighted by molar-refractivity contribution is 0.485. The van der Waals surface area contributed by atoms with Crippen molar-refractivity contribution in [3.05, 3.63) is 29.6 Å². The third kappa shape index (κ3) is 1.78. The Hall–Kier alpha value is -0.990. The van der Waals surface area contributed by atoms with Gasteiger partial charge >= 0.3 is 0 Å². The second kappa shape index (κ2) is 2.81. The Bertz CT molecular complexity index is 289. The molecule has 0 aliphatic carbocycles. The van der Waals surface area contributed by atoms with Crippen LogP contribution in [0.3, 0.4) is 0 Å². The molecule has 12 heavy (non-hydrogen) atoms. The van der Waals surface area contributed by atoms with Crippen molar-refractivity contribution in [2.45, 2.75) is 26.2 Å². The minimum absolute atomic E-state index is 0.308. The highest BCUT2D eigenvalue weighted by Gasteiger charge is 2.19. The fourth-order valence-corrected chi connectivity index (χ4v) is 0.949. The molecule has 0 aliphatic rings. The van der Waals surface area contributed by atoms with Gasteiger partial charge in [0.1, 0.15) is 5.82 Å². The van der Waals surface area contributed by atoms with Gasteiger partial charge in [-0.15, -0.1) is 0 Å². The zero-order valence-electron chi connectivity index (χ0n) is 7.36. The summed E-state index contributed by atoms with van der Waals surface area (Å²) in [6.45, 7) is 5.44. The lowest BCUT2D eigenvalue weighted by Crippen LogP contribution is -2.14. The van der Waals surface area contributed by atoms with Crippen molar-refractivity contribution in [1.29, 1.82) is 0 Å². The molecule has 0 unspecified atom stereocenters. The SMILES string of the molecule is CC(C)(C)c1cc(F)cnc1F. The van der Waals surface area contributed by atoms with Crippen LogP contribution in [-0.4, -0.2) is 4.98 Å². The van der Waals surface area contributed by atoms with Crippen LogP contribution in [0.5, 0.6) is 0 Å². The van der Waals surface area contributed by atoms with Crippen LogP contribution in [-0.2, 0) is 5.41 Å². The largest absolute Gasteiger partial charge is 0.225 e. The third-order valence-corrected chi connectivity index (χ3v) is 1.61. The van der Waals surface area contributed by atoms with Crippen LogP contribution < -0.4 is 0 Å². The van der Waals surface area contributed by atoms with Gasteiger partial charge in [0.25, 0.3) is 0 Å². The van der Waals surface area contributed by atoms with Gasteiger partial charge in [-0.3, -0.25) is 0 Å². The van der Waals surface area contributed by atoms with E-state index in [0.29, 0.717) is 5.56 Å². The fraction of sp³-hybridized carbons (Fsp3) is 0.444. The van der Waals surface area contributed by atoms with Crippen molar-refractivity contribution in [3.63, 3.8) is 0 Å². The van der Waals surface area contributed by atoms with E-state index in [4.69, 9.17) is 0 Å². The monoisotopic (exact) mass is 171 g/mol. The Balaban J connectivity index is 3.23. The smallest absolute Gasteiger partial charge is 0.216 e. The molecule has 0 bridgehead atoms. The summed E-state index contributed by atoms with van der Waals surface area (Å²) in [5, 5.41) is 0. The molecule has 0 atom stereocenters. The summed E-state index contributed by atoms with van der Waals surface area (Å²) in [4.78, 5) is 3.30. The molecule has 0 fully saturated rings. The standard InChI is InChI=1S/C9H11F2N/c1-9(2,3)7-4-6(10)5-12-8(7)11/h4-5H,1-3H3. The fourth-order valence-electron chi connectivity index (χ4n) is 0.949. The summed E-state index contributed by atoms with van der Waals surface area (Å²) in [5.74, 6) is -1.09. The molecule has 0 radical (unpaired) electrons. The summed E-state index contributed by atoms with van der Waals surface area (Å²) in [6, 6.07) is 1.18. The van der Waals surface area contributed by atoms with E-state index in [9.17, 15) is 8.78 Å². The molecule has 0 N–H and O–H groups in total. The van der Waals surface area contributed by atoms with Gasteiger partial charge in [-0.05, 0) is 11.5 Å². The van der Waals surface area contributed by atoms with E-state index in [2.05, 4.69) is 4.98 Å². The molecule has 1 nitrogen and oxygen atoms in total. The molecular weight excluding hydrogens is 160 g/mol. The van der Waals surface area contributed by atoms with Crippen LogP contribution in [0, 0.1) is 11.8 Å². The number of hydrogen-bond acceptors (Lipinski definition) is 1. The van der Waals surface area contributed by atoms with E-state index in [1.807, 2.05) is 20.8 Å². The van der Waals surface area contributed by atoms with Crippen LogP contribution in [0.15, 0.2) is 12.3 Å². The molecule has 1 rings (SSSR count). The molecule has 0 aliphatic heterocycles. The molecular formula is C9H11F2N. The van der Waals surface area contributed by atoms with Crippen LogP contribution in [0.2, 0.25) is 0 Å². The number of nitrogens with zero attached hydrogens (tertiary/aromatic N) is 1. The van der Waals surface area contributed by atoms with Crippen molar-refractivity contribution in [1.82, 2.24) is 4.98 Å². The highest BCUT2D eigenvalue weighted by molar-refractivity contribution is 5.20. The van der Waals surface area contributed by atoms with E-state index in [1.165, 1.54) is 6.07 Å². The Morgan fingerprint density at radius 1 is 1.25 bits per heavy atom. The zero-order valence-corrected chi connectivity index (χ0v) is 7.36. The highest BCUT2D eigenvalue weighted by atomic mass is 19.1. The van der Waals surface area contributed by atoms with Gasteiger partial charge < -0.3 is 0 Å². The Morgan fingerprint density at radius 2 is 1.83 bits per heavy atom. The number of aromatic nitrogens is 1. The summed E-state index contributed by atoms with van der Waals surface area (Å²) >= 11 is 0. The Morgan fingerprint density at radius 3 is 2.25 bits per heavy atom. The lowest BCUT2D eigenvalue weighted by Gasteiger charge is -2.18. The van der Waals surface area contributed by atoms with Gasteiger partial charge in [-0.25, -0.2) is 9.37 Å². The third-order valence-electron chi connectivity index (χ3n) is 1.61. The summed E-state index contributed by atoms with van der Waals surface area (Å²) < 4.78 is 25.6. The second-order valence-electron chi connectivity index (χ2n) is 3.74. The van der Waals surface area contributed by atoms with Crippen molar-refractivity contribution in [2.75, 3.05) is 0 Å². The van der Waals surface area contributed by atoms with Crippen molar-refractivity contribution in [3.8, 4) is 0 Å². The van der Waals surface area contributed by atoms with Gasteiger partial charge in [-0.2, -0.15) is 4.39 Å². The number of rotatable bonds is 0. The maximum atomic E-state index is 13.0. The molecule has 0 saturated heterocycles. The van der Waals surface area contributed by atoms with Crippen molar-refractivity contribution >= 4 is 0 Å². The second-order valence-corrected chi connectivity index (χ2v) is 3.74. The number of halogens is 2. The molecule has 1 aromatic rings. The predicted molar refractivity (Wildman–Crippen MR) is 42.9 cm³/mol. The Labute approximate surface area is 70.4 Å². The van der Waals surface area contributed by atoms with Gasteiger partial charge in [0, 0.05) is 5.56 Å². The summed E-state index contributed by atoms with van der Waals surface area (Å²) in [7, 11) is 0. The molecule has 0 saturated carbocycles. The van der Waals surface area contributed by atoms with Crippen LogP contribution in [0.25, 0.3) is 0 Å².